The lowest BCUT2D eigenvalue weighted by Gasteiger charge is -1.99. The molecule has 114 valence electrons. The zero-order valence-electron chi connectivity index (χ0n) is 13.5. The molecule has 0 aliphatic heterocycles. The Morgan fingerprint density at radius 1 is 0.652 bits per heavy atom. The Morgan fingerprint density at radius 3 is 1.70 bits per heavy atom. The van der Waals surface area contributed by atoms with Crippen molar-refractivity contribution in [2.75, 3.05) is 0 Å². The number of aromatic nitrogens is 1. The molecular formula is C20H20N3+. The number of nitrogens with zero attached hydrogens (tertiary/aromatic N) is 3. The Bertz CT molecular complexity index is 786. The third-order valence-electron chi connectivity index (χ3n) is 3.67. The van der Waals surface area contributed by atoms with Crippen molar-refractivity contribution in [3.05, 3.63) is 89.7 Å². The average molecular weight is 302 g/mol. The highest BCUT2D eigenvalue weighted by Gasteiger charge is 2.02. The third kappa shape index (κ3) is 4.33. The highest BCUT2D eigenvalue weighted by atomic mass is 15.1. The van der Waals surface area contributed by atoms with Crippen LogP contribution in [0.4, 0.5) is 11.4 Å². The Kier molecular flexibility index (Phi) is 4.57. The van der Waals surface area contributed by atoms with Crippen LogP contribution in [0.5, 0.6) is 0 Å². The van der Waals surface area contributed by atoms with Gasteiger partial charge >= 0.3 is 0 Å². The smallest absolute Gasteiger partial charge is 0.173 e. The average Bonchev–Trinajstić information content (AvgIpc) is 2.58. The van der Waals surface area contributed by atoms with Crippen molar-refractivity contribution in [1.82, 2.24) is 0 Å². The van der Waals surface area contributed by atoms with Gasteiger partial charge in [0, 0.05) is 17.7 Å². The van der Waals surface area contributed by atoms with Crippen LogP contribution in [0, 0.1) is 13.8 Å². The maximum Gasteiger partial charge on any atom is 0.173 e. The molecule has 3 nitrogen and oxygen atoms in total. The topological polar surface area (TPSA) is 28.6 Å². The molecule has 3 aromatic rings. The minimum atomic E-state index is 0.853. The Hall–Kier alpha value is -2.81. The minimum Gasteiger partial charge on any atom is -0.201 e. The molecule has 0 radical (unpaired) electrons. The normalized spacial score (nSPS) is 11.0. The first-order valence-corrected chi connectivity index (χ1v) is 7.72. The fourth-order valence-corrected chi connectivity index (χ4v) is 2.25. The molecule has 0 fully saturated rings. The summed E-state index contributed by atoms with van der Waals surface area (Å²) < 4.78 is 2.13. The minimum absolute atomic E-state index is 0.853. The van der Waals surface area contributed by atoms with Crippen molar-refractivity contribution in [2.24, 2.45) is 10.2 Å². The lowest BCUT2D eigenvalue weighted by atomic mass is 10.1. The van der Waals surface area contributed by atoms with Gasteiger partial charge in [0.2, 0.25) is 0 Å². The van der Waals surface area contributed by atoms with Crippen LogP contribution in [-0.2, 0) is 6.54 Å². The Balaban J connectivity index is 1.67. The quantitative estimate of drug-likeness (QED) is 0.476. The summed E-state index contributed by atoms with van der Waals surface area (Å²) in [6.45, 7) is 5.02. The molecule has 0 spiro atoms. The van der Waals surface area contributed by atoms with Gasteiger partial charge in [0.05, 0.1) is 11.4 Å². The molecule has 0 saturated heterocycles. The summed E-state index contributed by atoms with van der Waals surface area (Å²) in [7, 11) is 0. The third-order valence-corrected chi connectivity index (χ3v) is 3.67. The largest absolute Gasteiger partial charge is 0.201 e. The van der Waals surface area contributed by atoms with Gasteiger partial charge in [-0.25, -0.2) is 4.57 Å². The van der Waals surface area contributed by atoms with E-state index in [2.05, 4.69) is 52.9 Å². The summed E-state index contributed by atoms with van der Waals surface area (Å²) in [5, 5.41) is 8.53. The van der Waals surface area contributed by atoms with Crippen molar-refractivity contribution in [3.63, 3.8) is 0 Å². The molecule has 0 atom stereocenters. The van der Waals surface area contributed by atoms with Gasteiger partial charge < -0.3 is 0 Å². The van der Waals surface area contributed by atoms with E-state index >= 15 is 0 Å². The summed E-state index contributed by atoms with van der Waals surface area (Å²) in [4.78, 5) is 0. The number of hydrogen-bond acceptors (Lipinski definition) is 2. The second-order valence-corrected chi connectivity index (χ2v) is 5.75. The van der Waals surface area contributed by atoms with E-state index in [-0.39, 0.29) is 0 Å². The van der Waals surface area contributed by atoms with Gasteiger partial charge in [0.15, 0.2) is 18.9 Å². The van der Waals surface area contributed by atoms with Gasteiger partial charge in [-0.3, -0.25) is 0 Å². The molecule has 0 saturated carbocycles. The first kappa shape index (κ1) is 15.1. The van der Waals surface area contributed by atoms with Crippen LogP contribution in [0.2, 0.25) is 0 Å². The number of azo groups is 1. The fraction of sp³-hybridized carbons (Fsp3) is 0.150. The zero-order valence-corrected chi connectivity index (χ0v) is 13.5. The molecule has 3 heteroatoms. The summed E-state index contributed by atoms with van der Waals surface area (Å²) in [5.74, 6) is 0. The maximum absolute atomic E-state index is 4.28. The van der Waals surface area contributed by atoms with Crippen LogP contribution in [-0.4, -0.2) is 0 Å². The molecular weight excluding hydrogens is 282 g/mol. The first-order chi connectivity index (χ1) is 11.2. The predicted octanol–water partition coefficient (Wildman–Crippen LogP) is 5.05. The highest BCUT2D eigenvalue weighted by Crippen LogP contribution is 2.17. The molecule has 0 N–H and O–H groups in total. The Morgan fingerprint density at radius 2 is 1.13 bits per heavy atom. The van der Waals surface area contributed by atoms with E-state index in [1.54, 1.807) is 0 Å². The van der Waals surface area contributed by atoms with Crippen molar-refractivity contribution >= 4 is 11.4 Å². The van der Waals surface area contributed by atoms with Gasteiger partial charge in [0.25, 0.3) is 0 Å². The second kappa shape index (κ2) is 6.97. The monoisotopic (exact) mass is 302 g/mol. The number of pyridine rings is 1. The number of aryl methyl sites for hydroxylation is 2. The van der Waals surface area contributed by atoms with E-state index in [0.29, 0.717) is 0 Å². The van der Waals surface area contributed by atoms with Gasteiger partial charge in [-0.15, -0.1) is 0 Å². The molecule has 1 aromatic heterocycles. The van der Waals surface area contributed by atoms with Crippen LogP contribution in [0.15, 0.2) is 83.3 Å². The van der Waals surface area contributed by atoms with Crippen LogP contribution >= 0.6 is 0 Å². The zero-order chi connectivity index (χ0) is 16.1. The first-order valence-electron chi connectivity index (χ1n) is 7.72. The molecule has 0 bridgehead atoms. The predicted molar refractivity (Wildman–Crippen MR) is 92.3 cm³/mol. The molecule has 1 heterocycles. The van der Waals surface area contributed by atoms with Crippen molar-refractivity contribution in [1.29, 1.82) is 0 Å². The summed E-state index contributed by atoms with van der Waals surface area (Å²) in [6, 6.07) is 20.6. The lowest BCUT2D eigenvalue weighted by molar-refractivity contribution is -0.688. The molecule has 0 aliphatic rings. The van der Waals surface area contributed by atoms with Crippen LogP contribution in [0.25, 0.3) is 0 Å². The second-order valence-electron chi connectivity index (χ2n) is 5.75. The molecule has 0 aliphatic carbocycles. The maximum atomic E-state index is 4.28. The van der Waals surface area contributed by atoms with Crippen molar-refractivity contribution < 1.29 is 4.57 Å². The van der Waals surface area contributed by atoms with Crippen molar-refractivity contribution in [2.45, 2.75) is 20.4 Å². The summed E-state index contributed by atoms with van der Waals surface area (Å²) in [5.41, 5.74) is 5.51. The van der Waals surface area contributed by atoms with Gasteiger partial charge in [-0.1, -0.05) is 47.5 Å². The van der Waals surface area contributed by atoms with E-state index in [0.717, 1.165) is 17.9 Å². The molecule has 0 amide bonds. The summed E-state index contributed by atoms with van der Waals surface area (Å²) in [6.07, 6.45) is 4.06. The van der Waals surface area contributed by atoms with Crippen LogP contribution in [0.3, 0.4) is 0 Å². The van der Waals surface area contributed by atoms with E-state index < -0.39 is 0 Å². The summed E-state index contributed by atoms with van der Waals surface area (Å²) >= 11 is 0. The molecule has 23 heavy (non-hydrogen) atoms. The van der Waals surface area contributed by atoms with E-state index in [1.807, 2.05) is 48.8 Å². The van der Waals surface area contributed by atoms with Gasteiger partial charge in [0.1, 0.15) is 0 Å². The SMILES string of the molecule is Cc1ccc(C[n+]2ccc(/N=N/c3ccc(C)cc3)cc2)cc1. The molecule has 0 unspecified atom stereocenters. The Labute approximate surface area is 137 Å². The van der Waals surface area contributed by atoms with Gasteiger partial charge in [-0.2, -0.15) is 10.2 Å². The molecule has 2 aromatic carbocycles. The number of hydrogen-bond donors (Lipinski definition) is 0. The van der Waals surface area contributed by atoms with Crippen LogP contribution in [0.1, 0.15) is 16.7 Å². The van der Waals surface area contributed by atoms with Crippen molar-refractivity contribution in [3.8, 4) is 0 Å². The van der Waals surface area contributed by atoms with E-state index in [4.69, 9.17) is 0 Å². The van der Waals surface area contributed by atoms with Crippen LogP contribution < -0.4 is 4.57 Å². The molecule has 3 rings (SSSR count). The lowest BCUT2D eigenvalue weighted by Crippen LogP contribution is -2.32. The van der Waals surface area contributed by atoms with E-state index in [1.165, 1.54) is 16.7 Å². The van der Waals surface area contributed by atoms with Gasteiger partial charge in [-0.05, 0) is 26.0 Å². The van der Waals surface area contributed by atoms with E-state index in [9.17, 15) is 0 Å². The standard InChI is InChI=1S/C20H20N3/c1-16-3-7-18(8-4-16)15-23-13-11-20(12-14-23)22-21-19-9-5-17(2)6-10-19/h3-14H,15H2,1-2H3/q+1. The fourth-order valence-electron chi connectivity index (χ4n) is 2.25. The number of benzene rings is 2. The highest BCUT2D eigenvalue weighted by molar-refractivity contribution is 5.39. The number of rotatable bonds is 4.